The molecule has 0 bridgehead atoms. The van der Waals surface area contributed by atoms with Gasteiger partial charge in [0.15, 0.2) is 0 Å². The molecule has 4 nitrogen and oxygen atoms in total. The Bertz CT molecular complexity index is 379. The number of imidazole rings is 1. The lowest BCUT2D eigenvalue weighted by molar-refractivity contribution is 0.724. The van der Waals surface area contributed by atoms with Crippen molar-refractivity contribution in [1.29, 1.82) is 0 Å². The van der Waals surface area contributed by atoms with Crippen LogP contribution in [0, 0.1) is 0 Å². The Morgan fingerprint density at radius 2 is 2.46 bits per heavy atom. The van der Waals surface area contributed by atoms with Crippen LogP contribution in [0.3, 0.4) is 0 Å². The Hall–Kier alpha value is -1.20. The summed E-state index contributed by atoms with van der Waals surface area (Å²) in [6.45, 7) is 0. The number of rotatable bonds is 2. The van der Waals surface area contributed by atoms with Gasteiger partial charge in [-0.15, -0.1) is 11.3 Å². The van der Waals surface area contributed by atoms with Crippen molar-refractivity contribution in [3.63, 3.8) is 0 Å². The Morgan fingerprint density at radius 3 is 3.00 bits per heavy atom. The molecule has 0 aliphatic heterocycles. The highest BCUT2D eigenvalue weighted by atomic mass is 32.1. The monoisotopic (exact) mass is 194 g/mol. The first-order valence-electron chi connectivity index (χ1n) is 3.90. The van der Waals surface area contributed by atoms with Gasteiger partial charge in [-0.25, -0.2) is 4.98 Å². The quantitative estimate of drug-likeness (QED) is 0.773. The molecule has 0 amide bonds. The van der Waals surface area contributed by atoms with Gasteiger partial charge in [-0.3, -0.25) is 4.98 Å². The highest BCUT2D eigenvalue weighted by Crippen LogP contribution is 2.20. The first-order chi connectivity index (χ1) is 6.29. The predicted molar refractivity (Wildman–Crippen MR) is 51.4 cm³/mol. The molecule has 2 aromatic heterocycles. The topological polar surface area (TPSA) is 56.7 Å². The lowest BCUT2D eigenvalue weighted by Gasteiger charge is -2.08. The molecular formula is C8H10N4S. The van der Waals surface area contributed by atoms with E-state index in [0.717, 1.165) is 10.7 Å². The van der Waals surface area contributed by atoms with E-state index in [4.69, 9.17) is 5.73 Å². The van der Waals surface area contributed by atoms with Gasteiger partial charge in [-0.2, -0.15) is 0 Å². The van der Waals surface area contributed by atoms with E-state index in [2.05, 4.69) is 9.97 Å². The average molecular weight is 194 g/mol. The first kappa shape index (κ1) is 8.40. The first-order valence-corrected chi connectivity index (χ1v) is 4.78. The molecular weight excluding hydrogens is 184 g/mol. The predicted octanol–water partition coefficient (Wildman–Crippen LogP) is 0.925. The van der Waals surface area contributed by atoms with Crippen LogP contribution < -0.4 is 5.73 Å². The molecule has 0 aliphatic carbocycles. The van der Waals surface area contributed by atoms with Crippen LogP contribution in [0.5, 0.6) is 0 Å². The third-order valence-electron chi connectivity index (χ3n) is 1.89. The van der Waals surface area contributed by atoms with Crippen LogP contribution in [0.4, 0.5) is 0 Å². The minimum Gasteiger partial charge on any atom is -0.336 e. The summed E-state index contributed by atoms with van der Waals surface area (Å²) in [6.07, 6.45) is 5.41. The molecule has 0 aliphatic rings. The lowest BCUT2D eigenvalue weighted by atomic mass is 10.2. The molecule has 0 fully saturated rings. The average Bonchev–Trinajstić information content (AvgIpc) is 2.72. The molecule has 5 heteroatoms. The van der Waals surface area contributed by atoms with Crippen LogP contribution in [0.2, 0.25) is 0 Å². The molecule has 0 aromatic carbocycles. The van der Waals surface area contributed by atoms with E-state index in [-0.39, 0.29) is 6.04 Å². The van der Waals surface area contributed by atoms with Gasteiger partial charge >= 0.3 is 0 Å². The summed E-state index contributed by atoms with van der Waals surface area (Å²) >= 11 is 1.55. The van der Waals surface area contributed by atoms with Gasteiger partial charge in [0.1, 0.15) is 5.82 Å². The molecule has 0 saturated carbocycles. The van der Waals surface area contributed by atoms with Crippen LogP contribution in [0.25, 0.3) is 0 Å². The van der Waals surface area contributed by atoms with Crippen molar-refractivity contribution >= 4 is 11.3 Å². The van der Waals surface area contributed by atoms with Crippen molar-refractivity contribution in [2.75, 3.05) is 0 Å². The summed E-state index contributed by atoms with van der Waals surface area (Å²) in [5.74, 6) is 0.865. The summed E-state index contributed by atoms with van der Waals surface area (Å²) in [6, 6.07) is -0.160. The number of hydrogen-bond acceptors (Lipinski definition) is 4. The third-order valence-corrected chi connectivity index (χ3v) is 2.75. The molecule has 0 saturated heterocycles. The van der Waals surface area contributed by atoms with E-state index in [1.807, 2.05) is 17.8 Å². The fraction of sp³-hybridized carbons (Fsp3) is 0.250. The van der Waals surface area contributed by atoms with Crippen LogP contribution in [-0.2, 0) is 7.05 Å². The molecule has 1 atom stereocenters. The van der Waals surface area contributed by atoms with Gasteiger partial charge in [0.25, 0.3) is 0 Å². The summed E-state index contributed by atoms with van der Waals surface area (Å²) < 4.78 is 1.92. The second kappa shape index (κ2) is 3.27. The summed E-state index contributed by atoms with van der Waals surface area (Å²) in [5, 5.41) is 0. The Balaban J connectivity index is 2.33. The summed E-state index contributed by atoms with van der Waals surface area (Å²) in [4.78, 5) is 9.21. The number of aromatic nitrogens is 3. The number of nitrogens with zero attached hydrogens (tertiary/aromatic N) is 3. The van der Waals surface area contributed by atoms with Crippen molar-refractivity contribution in [2.24, 2.45) is 12.8 Å². The van der Waals surface area contributed by atoms with Crippen molar-refractivity contribution in [3.8, 4) is 0 Å². The van der Waals surface area contributed by atoms with Crippen LogP contribution in [0.1, 0.15) is 16.7 Å². The fourth-order valence-electron chi connectivity index (χ4n) is 1.18. The third kappa shape index (κ3) is 1.48. The van der Waals surface area contributed by atoms with E-state index >= 15 is 0 Å². The van der Waals surface area contributed by atoms with Crippen LogP contribution in [0.15, 0.2) is 24.1 Å². The maximum Gasteiger partial charge on any atom is 0.130 e. The Morgan fingerprint density at radius 1 is 1.62 bits per heavy atom. The lowest BCUT2D eigenvalue weighted by Crippen LogP contribution is -2.15. The molecule has 0 spiro atoms. The minimum atomic E-state index is -0.160. The highest BCUT2D eigenvalue weighted by Gasteiger charge is 2.13. The van der Waals surface area contributed by atoms with Crippen molar-refractivity contribution in [3.05, 3.63) is 34.8 Å². The minimum absolute atomic E-state index is 0.160. The standard InChI is InChI=1S/C8H10N4S/c1-12-3-2-11-8(12)7(9)6-4-10-5-13-6/h2-5,7H,9H2,1H3. The molecule has 0 radical (unpaired) electrons. The van der Waals surface area contributed by atoms with Gasteiger partial charge in [-0.1, -0.05) is 0 Å². The molecule has 13 heavy (non-hydrogen) atoms. The van der Waals surface area contributed by atoms with Gasteiger partial charge < -0.3 is 10.3 Å². The molecule has 2 rings (SSSR count). The highest BCUT2D eigenvalue weighted by molar-refractivity contribution is 7.09. The maximum atomic E-state index is 5.99. The van der Waals surface area contributed by atoms with Crippen LogP contribution >= 0.6 is 11.3 Å². The smallest absolute Gasteiger partial charge is 0.130 e. The number of thiazole rings is 1. The molecule has 1 unspecified atom stereocenters. The summed E-state index contributed by atoms with van der Waals surface area (Å²) in [7, 11) is 1.93. The number of hydrogen-bond donors (Lipinski definition) is 1. The van der Waals surface area contributed by atoms with Gasteiger partial charge in [0.05, 0.1) is 11.6 Å². The van der Waals surface area contributed by atoms with Crippen molar-refractivity contribution in [1.82, 2.24) is 14.5 Å². The SMILES string of the molecule is Cn1ccnc1C(N)c1cncs1. The van der Waals surface area contributed by atoms with Crippen LogP contribution in [-0.4, -0.2) is 14.5 Å². The second-order valence-electron chi connectivity index (χ2n) is 2.78. The molecule has 2 aromatic rings. The molecule has 2 N–H and O–H groups in total. The zero-order valence-corrected chi connectivity index (χ0v) is 8.03. The zero-order valence-electron chi connectivity index (χ0n) is 7.21. The van der Waals surface area contributed by atoms with Gasteiger partial charge in [-0.05, 0) is 0 Å². The van der Waals surface area contributed by atoms with E-state index in [1.165, 1.54) is 0 Å². The van der Waals surface area contributed by atoms with Gasteiger partial charge in [0, 0.05) is 30.5 Å². The number of aryl methyl sites for hydroxylation is 1. The molecule has 68 valence electrons. The van der Waals surface area contributed by atoms with E-state index in [0.29, 0.717) is 0 Å². The number of nitrogens with two attached hydrogens (primary N) is 1. The van der Waals surface area contributed by atoms with Gasteiger partial charge in [0.2, 0.25) is 0 Å². The second-order valence-corrected chi connectivity index (χ2v) is 3.70. The normalized spacial score (nSPS) is 13.1. The Kier molecular flexibility index (Phi) is 2.12. The van der Waals surface area contributed by atoms with Crippen molar-refractivity contribution < 1.29 is 0 Å². The fourth-order valence-corrected chi connectivity index (χ4v) is 1.80. The largest absolute Gasteiger partial charge is 0.336 e. The Labute approximate surface area is 80.1 Å². The van der Waals surface area contributed by atoms with E-state index < -0.39 is 0 Å². The van der Waals surface area contributed by atoms with E-state index in [9.17, 15) is 0 Å². The zero-order chi connectivity index (χ0) is 9.26. The summed E-state index contributed by atoms with van der Waals surface area (Å²) in [5.41, 5.74) is 7.77. The molecule has 2 heterocycles. The van der Waals surface area contributed by atoms with Crippen molar-refractivity contribution in [2.45, 2.75) is 6.04 Å². The maximum absolute atomic E-state index is 5.99. The van der Waals surface area contributed by atoms with E-state index in [1.54, 1.807) is 29.2 Å².